The topological polar surface area (TPSA) is 95.6 Å². The number of anilines is 1. The average Bonchev–Trinajstić information content (AvgIpc) is 2.31. The molecule has 0 atom stereocenters. The van der Waals surface area contributed by atoms with Gasteiger partial charge in [0.1, 0.15) is 0 Å². The van der Waals surface area contributed by atoms with Gasteiger partial charge in [0.15, 0.2) is 0 Å². The van der Waals surface area contributed by atoms with Crippen molar-refractivity contribution in [1.82, 2.24) is 9.62 Å². The summed E-state index contributed by atoms with van der Waals surface area (Å²) >= 11 is 11.5. The molecule has 0 saturated heterocycles. The minimum atomic E-state index is -3.79. The third-order valence-corrected chi connectivity index (χ3v) is 4.47. The van der Waals surface area contributed by atoms with Crippen molar-refractivity contribution in [3.63, 3.8) is 0 Å². The number of carbonyl (C=O) groups is 2. The molecule has 7 nitrogen and oxygen atoms in total. The summed E-state index contributed by atoms with van der Waals surface area (Å²) in [7, 11) is -3.79. The minimum Gasteiger partial charge on any atom is -0.308 e. The first kappa shape index (κ1) is 18.5. The highest BCUT2D eigenvalue weighted by Crippen LogP contribution is 2.24. The first-order chi connectivity index (χ1) is 10.0. The third-order valence-electron chi connectivity index (χ3n) is 2.42. The van der Waals surface area contributed by atoms with Crippen molar-refractivity contribution >= 4 is 51.0 Å². The average molecular weight is 368 g/mol. The number of hydrogen-bond acceptors (Lipinski definition) is 4. The smallest absolute Gasteiger partial charge is 0.308 e. The fourth-order valence-electron chi connectivity index (χ4n) is 1.66. The van der Waals surface area contributed by atoms with Crippen molar-refractivity contribution in [2.75, 3.05) is 11.6 Å². The molecule has 0 aromatic heterocycles. The Bertz CT molecular complexity index is 692. The van der Waals surface area contributed by atoms with E-state index in [-0.39, 0.29) is 5.02 Å². The zero-order valence-corrected chi connectivity index (χ0v) is 14.4. The van der Waals surface area contributed by atoms with Crippen LogP contribution in [0.3, 0.4) is 0 Å². The molecular weight excluding hydrogens is 353 g/mol. The van der Waals surface area contributed by atoms with E-state index in [0.717, 1.165) is 6.26 Å². The second kappa shape index (κ2) is 7.17. The second-order valence-corrected chi connectivity index (χ2v) is 7.34. The molecule has 0 bridgehead atoms. The molecule has 1 aromatic carbocycles. The van der Waals surface area contributed by atoms with E-state index in [1.54, 1.807) is 0 Å². The van der Waals surface area contributed by atoms with Crippen LogP contribution in [0.2, 0.25) is 10.0 Å². The summed E-state index contributed by atoms with van der Waals surface area (Å²) in [6.45, 7) is 3.02. The van der Waals surface area contributed by atoms with Gasteiger partial charge in [-0.05, 0) is 32.0 Å². The molecule has 10 heteroatoms. The van der Waals surface area contributed by atoms with Crippen molar-refractivity contribution in [1.29, 1.82) is 0 Å². The third kappa shape index (κ3) is 5.04. The lowest BCUT2D eigenvalue weighted by atomic mass is 10.3. The van der Waals surface area contributed by atoms with Crippen molar-refractivity contribution in [3.8, 4) is 0 Å². The maximum atomic E-state index is 11.9. The number of nitrogens with one attached hydrogen (secondary N) is 2. The number of rotatable bonds is 3. The highest BCUT2D eigenvalue weighted by atomic mass is 35.5. The van der Waals surface area contributed by atoms with Crippen LogP contribution in [0.15, 0.2) is 18.2 Å². The van der Waals surface area contributed by atoms with Gasteiger partial charge in [-0.2, -0.15) is 0 Å². The van der Waals surface area contributed by atoms with Crippen molar-refractivity contribution in [2.24, 2.45) is 0 Å². The van der Waals surface area contributed by atoms with Gasteiger partial charge < -0.3 is 5.32 Å². The van der Waals surface area contributed by atoms with E-state index in [1.165, 1.54) is 32.0 Å². The van der Waals surface area contributed by atoms with E-state index in [1.807, 2.05) is 5.32 Å². The molecule has 122 valence electrons. The molecule has 0 spiro atoms. The van der Waals surface area contributed by atoms with Crippen LogP contribution in [0.4, 0.5) is 15.3 Å². The molecule has 1 rings (SSSR count). The van der Waals surface area contributed by atoms with Gasteiger partial charge >= 0.3 is 12.1 Å². The Morgan fingerprint density at radius 1 is 1.18 bits per heavy atom. The van der Waals surface area contributed by atoms with Crippen LogP contribution in [0.25, 0.3) is 0 Å². The lowest BCUT2D eigenvalue weighted by Crippen LogP contribution is -2.49. The summed E-state index contributed by atoms with van der Waals surface area (Å²) in [6.07, 6.45) is 0.878. The van der Waals surface area contributed by atoms with Gasteiger partial charge in [-0.1, -0.05) is 23.2 Å². The van der Waals surface area contributed by atoms with E-state index in [4.69, 9.17) is 23.2 Å². The van der Waals surface area contributed by atoms with Crippen LogP contribution >= 0.6 is 23.2 Å². The molecule has 0 fully saturated rings. The Morgan fingerprint density at radius 3 is 2.23 bits per heavy atom. The highest BCUT2D eigenvalue weighted by Gasteiger charge is 2.27. The first-order valence-corrected chi connectivity index (χ1v) is 8.69. The molecule has 0 aliphatic rings. The number of carbonyl (C=O) groups excluding carboxylic acids is 2. The Hall–Kier alpha value is -1.51. The van der Waals surface area contributed by atoms with Crippen LogP contribution in [0, 0.1) is 0 Å². The number of halogens is 2. The molecule has 0 aliphatic carbocycles. The summed E-state index contributed by atoms with van der Waals surface area (Å²) in [5.41, 5.74) is 0.301. The lowest BCUT2D eigenvalue weighted by molar-refractivity contribution is 0.213. The maximum Gasteiger partial charge on any atom is 0.339 e. The molecule has 0 unspecified atom stereocenters. The number of amides is 4. The van der Waals surface area contributed by atoms with Gasteiger partial charge in [-0.3, -0.25) is 5.32 Å². The number of benzene rings is 1. The molecule has 4 amide bonds. The number of nitrogens with zero attached hydrogens (tertiary/aromatic N) is 1. The molecule has 0 heterocycles. The van der Waals surface area contributed by atoms with E-state index in [2.05, 4.69) is 5.32 Å². The number of sulfonamides is 1. The van der Waals surface area contributed by atoms with E-state index >= 15 is 0 Å². The minimum absolute atomic E-state index is 0.228. The zero-order valence-electron chi connectivity index (χ0n) is 12.1. The Balaban J connectivity index is 2.79. The van der Waals surface area contributed by atoms with Gasteiger partial charge in [0.25, 0.3) is 0 Å². The summed E-state index contributed by atoms with van der Waals surface area (Å²) in [5, 5.41) is 4.82. The number of urea groups is 2. The van der Waals surface area contributed by atoms with Crippen LogP contribution in [-0.2, 0) is 10.0 Å². The quantitative estimate of drug-likeness (QED) is 0.858. The van der Waals surface area contributed by atoms with Crippen LogP contribution in [0.1, 0.15) is 13.8 Å². The molecular formula is C12H15Cl2N3O4S. The predicted molar refractivity (Wildman–Crippen MR) is 85.8 cm³/mol. The molecule has 0 saturated carbocycles. The van der Waals surface area contributed by atoms with Crippen LogP contribution in [0.5, 0.6) is 0 Å². The van der Waals surface area contributed by atoms with Crippen molar-refractivity contribution in [2.45, 2.75) is 19.9 Å². The zero-order chi connectivity index (χ0) is 17.1. The monoisotopic (exact) mass is 367 g/mol. The van der Waals surface area contributed by atoms with E-state index < -0.39 is 28.1 Å². The summed E-state index contributed by atoms with van der Waals surface area (Å²) in [4.78, 5) is 23.6. The first-order valence-electron chi connectivity index (χ1n) is 6.08. The Kier molecular flexibility index (Phi) is 6.04. The maximum absolute atomic E-state index is 11.9. The van der Waals surface area contributed by atoms with Crippen LogP contribution in [-0.4, -0.2) is 37.1 Å². The van der Waals surface area contributed by atoms with Crippen LogP contribution < -0.4 is 10.6 Å². The van der Waals surface area contributed by atoms with E-state index in [9.17, 15) is 18.0 Å². The highest BCUT2D eigenvalue weighted by molar-refractivity contribution is 7.88. The van der Waals surface area contributed by atoms with Gasteiger partial charge in [0.05, 0.1) is 16.3 Å². The van der Waals surface area contributed by atoms with Crippen molar-refractivity contribution < 1.29 is 18.0 Å². The lowest BCUT2D eigenvalue weighted by Gasteiger charge is -2.23. The molecule has 22 heavy (non-hydrogen) atoms. The standard InChI is InChI=1S/C12H15Cl2N3O4S/c1-7(2)17(22(3,20)21)12(19)16-11(18)15-8-4-5-9(13)10(14)6-8/h4-7H,1-3H3,(H2,15,16,18,19). The summed E-state index contributed by atoms with van der Waals surface area (Å²) < 4.78 is 23.6. The van der Waals surface area contributed by atoms with Crippen molar-refractivity contribution in [3.05, 3.63) is 28.2 Å². The summed E-state index contributed by atoms with van der Waals surface area (Å²) in [5.74, 6) is 0. The second-order valence-electron chi connectivity index (χ2n) is 4.67. The largest absolute Gasteiger partial charge is 0.339 e. The number of hydrogen-bond donors (Lipinski definition) is 2. The Labute approximate surface area is 138 Å². The molecule has 2 N–H and O–H groups in total. The fourth-order valence-corrected chi connectivity index (χ4v) is 3.07. The van der Waals surface area contributed by atoms with E-state index in [0.29, 0.717) is 15.0 Å². The van der Waals surface area contributed by atoms with Gasteiger partial charge in [-0.15, -0.1) is 0 Å². The van der Waals surface area contributed by atoms with Gasteiger partial charge in [0.2, 0.25) is 10.0 Å². The fraction of sp³-hybridized carbons (Fsp3) is 0.333. The molecule has 1 aromatic rings. The SMILES string of the molecule is CC(C)N(C(=O)NC(=O)Nc1ccc(Cl)c(Cl)c1)S(C)(=O)=O. The molecule has 0 radical (unpaired) electrons. The van der Waals surface area contributed by atoms with Gasteiger partial charge in [-0.25, -0.2) is 22.3 Å². The normalized spacial score (nSPS) is 11.2. The Morgan fingerprint density at radius 2 is 1.77 bits per heavy atom. The summed E-state index contributed by atoms with van der Waals surface area (Å²) in [6, 6.07) is 1.78. The number of imide groups is 1. The predicted octanol–water partition coefficient (Wildman–Crippen LogP) is 2.90. The van der Waals surface area contributed by atoms with Gasteiger partial charge in [0, 0.05) is 11.7 Å². The molecule has 0 aliphatic heterocycles.